The summed E-state index contributed by atoms with van der Waals surface area (Å²) in [6, 6.07) is 8.07. The average Bonchev–Trinajstić information content (AvgIpc) is 3.35. The van der Waals surface area contributed by atoms with E-state index < -0.39 is 5.54 Å². The lowest BCUT2D eigenvalue weighted by molar-refractivity contribution is -0.153. The number of fused-ring (bicyclic) bond motifs is 2. The van der Waals surface area contributed by atoms with Crippen LogP contribution in [-0.4, -0.2) is 53.9 Å². The number of thiophene rings is 1. The van der Waals surface area contributed by atoms with Gasteiger partial charge in [0.1, 0.15) is 23.6 Å². The van der Waals surface area contributed by atoms with E-state index in [1.54, 1.807) is 11.3 Å². The Bertz CT molecular complexity index is 1170. The van der Waals surface area contributed by atoms with Crippen LogP contribution in [-0.2, 0) is 16.1 Å². The highest BCUT2D eigenvalue weighted by Gasteiger charge is 2.46. The Morgan fingerprint density at radius 3 is 2.94 bits per heavy atom. The van der Waals surface area contributed by atoms with Crippen LogP contribution in [0.3, 0.4) is 0 Å². The molecule has 8 nitrogen and oxygen atoms in total. The number of hydrogen-bond donors (Lipinski definition) is 1. The highest BCUT2D eigenvalue weighted by Crippen LogP contribution is 2.35. The number of benzene rings is 1. The first kappa shape index (κ1) is 22.9. The van der Waals surface area contributed by atoms with E-state index in [0.717, 1.165) is 39.6 Å². The molecule has 0 spiro atoms. The van der Waals surface area contributed by atoms with E-state index in [1.807, 2.05) is 42.8 Å². The number of piperidine rings is 1. The van der Waals surface area contributed by atoms with Crippen molar-refractivity contribution in [2.24, 2.45) is 0 Å². The summed E-state index contributed by atoms with van der Waals surface area (Å²) in [5.74, 6) is 2.04. The zero-order valence-electron chi connectivity index (χ0n) is 19.6. The number of carbonyl (C=O) groups is 1. The number of carbonyl (C=O) groups excluding carboxylic acids is 1. The molecule has 3 aromatic rings. The Labute approximate surface area is 203 Å². The Hall–Kier alpha value is -2.91. The number of hydrogen-bond acceptors (Lipinski definition) is 9. The van der Waals surface area contributed by atoms with Crippen molar-refractivity contribution in [1.29, 1.82) is 0 Å². The van der Waals surface area contributed by atoms with Gasteiger partial charge in [0.15, 0.2) is 11.5 Å². The molecule has 9 heteroatoms. The Kier molecular flexibility index (Phi) is 6.56. The lowest BCUT2D eigenvalue weighted by Gasteiger charge is -2.45. The van der Waals surface area contributed by atoms with Gasteiger partial charge in [-0.1, -0.05) is 13.0 Å². The van der Waals surface area contributed by atoms with Crippen LogP contribution in [0.1, 0.15) is 38.7 Å². The molecule has 180 valence electrons. The number of nitrogens with zero attached hydrogens (tertiary/aromatic N) is 3. The van der Waals surface area contributed by atoms with Crippen LogP contribution in [0, 0.1) is 0 Å². The number of ether oxygens (including phenoxy) is 3. The third kappa shape index (κ3) is 4.42. The van der Waals surface area contributed by atoms with E-state index in [1.165, 1.54) is 0 Å². The summed E-state index contributed by atoms with van der Waals surface area (Å²) in [7, 11) is 0. The summed E-state index contributed by atoms with van der Waals surface area (Å²) in [6.45, 7) is 6.65. The molecule has 2 aliphatic rings. The topological polar surface area (TPSA) is 85.8 Å². The molecular weight excluding hydrogens is 452 g/mol. The van der Waals surface area contributed by atoms with Gasteiger partial charge < -0.3 is 19.1 Å². The zero-order chi connectivity index (χ0) is 23.5. The highest BCUT2D eigenvalue weighted by molar-refractivity contribution is 7.16. The summed E-state index contributed by atoms with van der Waals surface area (Å²) in [4.78, 5) is 25.9. The van der Waals surface area contributed by atoms with Crippen LogP contribution in [0.15, 0.2) is 35.8 Å². The second-order valence-electron chi connectivity index (χ2n) is 8.69. The van der Waals surface area contributed by atoms with Crippen LogP contribution < -0.4 is 19.7 Å². The quantitative estimate of drug-likeness (QED) is 0.507. The molecule has 0 radical (unpaired) electrons. The highest BCUT2D eigenvalue weighted by atomic mass is 32.1. The van der Waals surface area contributed by atoms with Gasteiger partial charge in [-0.15, -0.1) is 11.3 Å². The van der Waals surface area contributed by atoms with E-state index in [-0.39, 0.29) is 12.0 Å². The van der Waals surface area contributed by atoms with Crippen LogP contribution in [0.4, 0.5) is 5.95 Å². The molecule has 1 aromatic carbocycles. The molecule has 1 fully saturated rings. The molecule has 34 heavy (non-hydrogen) atoms. The second kappa shape index (κ2) is 9.76. The molecule has 2 aliphatic heterocycles. The molecule has 0 aliphatic carbocycles. The number of anilines is 1. The average molecular weight is 483 g/mol. The minimum Gasteiger partial charge on any atom is -0.486 e. The van der Waals surface area contributed by atoms with E-state index in [0.29, 0.717) is 45.8 Å². The summed E-state index contributed by atoms with van der Waals surface area (Å²) in [6.07, 6.45) is 3.99. The van der Waals surface area contributed by atoms with Gasteiger partial charge >= 0.3 is 5.97 Å². The first-order chi connectivity index (χ1) is 16.6. The van der Waals surface area contributed by atoms with Gasteiger partial charge in [-0.25, -0.2) is 9.97 Å². The fraction of sp³-hybridized carbons (Fsp3) is 0.480. The lowest BCUT2D eigenvalue weighted by Crippen LogP contribution is -2.62. The maximum absolute atomic E-state index is 13.2. The van der Waals surface area contributed by atoms with Crippen LogP contribution in [0.2, 0.25) is 0 Å². The minimum atomic E-state index is -0.770. The molecule has 0 amide bonds. The van der Waals surface area contributed by atoms with Crippen LogP contribution >= 0.6 is 11.3 Å². The van der Waals surface area contributed by atoms with Gasteiger partial charge in [-0.3, -0.25) is 10.1 Å². The maximum atomic E-state index is 13.2. The fourth-order valence-corrected chi connectivity index (χ4v) is 5.51. The number of aromatic nitrogens is 2. The molecular formula is C25H30N4O4S. The molecule has 1 N–H and O–H groups in total. The van der Waals surface area contributed by atoms with Gasteiger partial charge in [0, 0.05) is 30.7 Å². The summed E-state index contributed by atoms with van der Waals surface area (Å²) in [5, 5.41) is 6.66. The largest absolute Gasteiger partial charge is 0.486 e. The third-order valence-electron chi connectivity index (χ3n) is 6.63. The molecule has 0 bridgehead atoms. The zero-order valence-corrected chi connectivity index (χ0v) is 20.4. The van der Waals surface area contributed by atoms with Gasteiger partial charge in [0.25, 0.3) is 0 Å². The SMILES string of the molecule is CCOC(=O)C1(NCc2ccc3c(c2)OCCO3)CCN(c2ncc3ccsc3n2)C(CC)C1. The summed E-state index contributed by atoms with van der Waals surface area (Å²) in [5.41, 5.74) is 0.267. The van der Waals surface area contributed by atoms with Crippen molar-refractivity contribution in [2.45, 2.75) is 51.2 Å². The normalized spacial score (nSPS) is 22.1. The lowest BCUT2D eigenvalue weighted by atomic mass is 9.82. The van der Waals surface area contributed by atoms with Gasteiger partial charge in [0.05, 0.1) is 6.61 Å². The van der Waals surface area contributed by atoms with Crippen LogP contribution in [0.5, 0.6) is 11.5 Å². The van der Waals surface area contributed by atoms with Crippen molar-refractivity contribution in [3.8, 4) is 11.5 Å². The van der Waals surface area contributed by atoms with Crippen LogP contribution in [0.25, 0.3) is 10.2 Å². The summed E-state index contributed by atoms with van der Waals surface area (Å²) < 4.78 is 16.9. The predicted molar refractivity (Wildman–Crippen MR) is 132 cm³/mol. The number of esters is 1. The molecule has 1 saturated heterocycles. The molecule has 2 atom stereocenters. The monoisotopic (exact) mass is 482 g/mol. The van der Waals surface area contributed by atoms with E-state index in [9.17, 15) is 4.79 Å². The smallest absolute Gasteiger partial charge is 0.326 e. The first-order valence-corrected chi connectivity index (χ1v) is 12.8. The molecule has 2 unspecified atom stereocenters. The molecule has 0 saturated carbocycles. The Morgan fingerprint density at radius 2 is 2.12 bits per heavy atom. The fourth-order valence-electron chi connectivity index (χ4n) is 4.78. The maximum Gasteiger partial charge on any atom is 0.326 e. The molecule has 5 rings (SSSR count). The predicted octanol–water partition coefficient (Wildman–Crippen LogP) is 3.93. The summed E-state index contributed by atoms with van der Waals surface area (Å²) >= 11 is 1.62. The Balaban J connectivity index is 1.36. The molecule has 4 heterocycles. The van der Waals surface area contributed by atoms with Crippen molar-refractivity contribution in [1.82, 2.24) is 15.3 Å². The standard InChI is InChI=1S/C25H30N4O4S/c1-3-19-14-25(23(30)31-4-2,27-15-17-5-6-20-21(13-17)33-11-10-32-20)8-9-29(19)24-26-16-18-7-12-34-22(18)28-24/h5-7,12-13,16,19,27H,3-4,8-11,14-15H2,1-2H3. The third-order valence-corrected chi connectivity index (χ3v) is 7.45. The van der Waals surface area contributed by atoms with Gasteiger partial charge in [0.2, 0.25) is 5.95 Å². The van der Waals surface area contributed by atoms with E-state index in [2.05, 4.69) is 22.1 Å². The van der Waals surface area contributed by atoms with Gasteiger partial charge in [-0.05, 0) is 55.3 Å². The van der Waals surface area contributed by atoms with Crippen molar-refractivity contribution in [2.75, 3.05) is 31.3 Å². The number of rotatable bonds is 7. The van der Waals surface area contributed by atoms with Crippen molar-refractivity contribution >= 4 is 33.5 Å². The van der Waals surface area contributed by atoms with Crippen molar-refractivity contribution < 1.29 is 19.0 Å². The minimum absolute atomic E-state index is 0.114. The van der Waals surface area contributed by atoms with Gasteiger partial charge in [-0.2, -0.15) is 0 Å². The van der Waals surface area contributed by atoms with E-state index >= 15 is 0 Å². The van der Waals surface area contributed by atoms with Crippen molar-refractivity contribution in [3.63, 3.8) is 0 Å². The Morgan fingerprint density at radius 1 is 1.26 bits per heavy atom. The van der Waals surface area contributed by atoms with E-state index in [4.69, 9.17) is 19.2 Å². The van der Waals surface area contributed by atoms with Crippen molar-refractivity contribution in [3.05, 3.63) is 41.4 Å². The number of nitrogens with one attached hydrogen (secondary N) is 1. The first-order valence-electron chi connectivity index (χ1n) is 11.9. The molecule has 2 aromatic heterocycles. The second-order valence-corrected chi connectivity index (χ2v) is 9.59.